The zero-order valence-electron chi connectivity index (χ0n) is 25.7. The Labute approximate surface area is 259 Å². The van der Waals surface area contributed by atoms with Crippen molar-refractivity contribution in [1.29, 1.82) is 0 Å². The van der Waals surface area contributed by atoms with Gasteiger partial charge in [0.1, 0.15) is 12.6 Å². The zero-order valence-corrected chi connectivity index (χ0v) is 26.5. The number of benzene rings is 3. The van der Waals surface area contributed by atoms with Gasteiger partial charge in [0.2, 0.25) is 11.8 Å². The maximum absolute atomic E-state index is 13.3. The third kappa shape index (κ3) is 11.3. The van der Waals surface area contributed by atoms with E-state index in [1.54, 1.807) is 11.8 Å². The lowest BCUT2D eigenvalue weighted by Crippen LogP contribution is -2.51. The van der Waals surface area contributed by atoms with Crippen LogP contribution in [0.4, 0.5) is 0 Å². The molecular formula is C34H45N3O5S. The fraction of sp³-hybridized carbons (Fsp3) is 0.441. The number of methoxy groups -OCH3 is 1. The second-order valence-electron chi connectivity index (χ2n) is 10.8. The number of nitrogens with zero attached hydrogens (tertiary/aromatic N) is 1. The number of hydrogen-bond acceptors (Lipinski definition) is 7. The summed E-state index contributed by atoms with van der Waals surface area (Å²) in [6.45, 7) is 5.49. The van der Waals surface area contributed by atoms with Gasteiger partial charge in [0.25, 0.3) is 0 Å². The normalized spacial score (nSPS) is 13.3. The average Bonchev–Trinajstić information content (AvgIpc) is 3.02. The van der Waals surface area contributed by atoms with Crippen molar-refractivity contribution in [2.24, 2.45) is 5.92 Å². The summed E-state index contributed by atoms with van der Waals surface area (Å²) in [5.41, 5.74) is 2.09. The summed E-state index contributed by atoms with van der Waals surface area (Å²) in [4.78, 5) is 40.7. The van der Waals surface area contributed by atoms with Crippen LogP contribution in [-0.2, 0) is 37.0 Å². The lowest BCUT2D eigenvalue weighted by atomic mass is 9.97. The lowest BCUT2D eigenvalue weighted by Gasteiger charge is -2.31. The summed E-state index contributed by atoms with van der Waals surface area (Å²) in [6, 6.07) is 23.1. The van der Waals surface area contributed by atoms with Crippen molar-refractivity contribution in [3.05, 3.63) is 83.9 Å². The molecule has 0 saturated heterocycles. The van der Waals surface area contributed by atoms with Crippen LogP contribution in [0.1, 0.15) is 37.8 Å². The van der Waals surface area contributed by atoms with Crippen molar-refractivity contribution in [2.45, 2.75) is 51.9 Å². The number of hydrogen-bond donors (Lipinski definition) is 2. The SMILES string of the molecule is CCC(C)C(CN(CC(=O)NC(CCSC)C(=O)OC)Cc1cccc2ccccc12)NC(=O)COCc1ccccc1. The number of carbonyl (C=O) groups excluding carboxylic acids is 3. The minimum Gasteiger partial charge on any atom is -0.467 e. The summed E-state index contributed by atoms with van der Waals surface area (Å²) in [7, 11) is 1.33. The molecular weight excluding hydrogens is 562 g/mol. The van der Waals surface area contributed by atoms with Crippen molar-refractivity contribution in [2.75, 3.05) is 38.8 Å². The molecule has 3 atom stereocenters. The first-order valence-electron chi connectivity index (χ1n) is 14.8. The van der Waals surface area contributed by atoms with E-state index >= 15 is 0 Å². The fourth-order valence-electron chi connectivity index (χ4n) is 4.94. The predicted octanol–water partition coefficient (Wildman–Crippen LogP) is 4.80. The number of ether oxygens (including phenoxy) is 2. The molecule has 2 amide bonds. The van der Waals surface area contributed by atoms with E-state index in [0.29, 0.717) is 31.9 Å². The van der Waals surface area contributed by atoms with Gasteiger partial charge in [-0.3, -0.25) is 14.5 Å². The van der Waals surface area contributed by atoms with Crippen LogP contribution in [0.5, 0.6) is 0 Å². The highest BCUT2D eigenvalue weighted by molar-refractivity contribution is 7.98. The van der Waals surface area contributed by atoms with E-state index in [0.717, 1.165) is 28.3 Å². The Hall–Kier alpha value is -3.40. The molecule has 0 spiro atoms. The van der Waals surface area contributed by atoms with Crippen molar-refractivity contribution >= 4 is 40.3 Å². The summed E-state index contributed by atoms with van der Waals surface area (Å²) in [5.74, 6) is -0.0478. The summed E-state index contributed by atoms with van der Waals surface area (Å²) in [5, 5.41) is 8.28. The molecule has 0 fully saturated rings. The molecule has 3 aromatic rings. The highest BCUT2D eigenvalue weighted by Gasteiger charge is 2.26. The van der Waals surface area contributed by atoms with E-state index in [4.69, 9.17) is 9.47 Å². The Morgan fingerprint density at radius 3 is 2.37 bits per heavy atom. The van der Waals surface area contributed by atoms with Gasteiger partial charge < -0.3 is 20.1 Å². The molecule has 0 aliphatic heterocycles. The minimum absolute atomic E-state index is 0.0537. The largest absolute Gasteiger partial charge is 0.467 e. The Bertz CT molecular complexity index is 1300. The van der Waals surface area contributed by atoms with Crippen LogP contribution >= 0.6 is 11.8 Å². The maximum Gasteiger partial charge on any atom is 0.328 e. The fourth-order valence-corrected chi connectivity index (χ4v) is 5.41. The molecule has 0 aliphatic carbocycles. The second-order valence-corrected chi connectivity index (χ2v) is 11.8. The van der Waals surface area contributed by atoms with Crippen LogP contribution in [-0.4, -0.2) is 73.6 Å². The minimum atomic E-state index is -0.712. The van der Waals surface area contributed by atoms with Crippen molar-refractivity contribution < 1.29 is 23.9 Å². The standard InChI is InChI=1S/C34H45N3O5S/c1-5-25(2)31(36-33(39)24-42-23-26-12-7-6-8-13-26)21-37(20-28-16-11-15-27-14-9-10-17-29(27)28)22-32(38)35-30(18-19-43-4)34(40)41-3/h6-17,25,30-31H,5,18-24H2,1-4H3,(H,35,38)(H,36,39). The van der Waals surface area contributed by atoms with E-state index in [9.17, 15) is 14.4 Å². The van der Waals surface area contributed by atoms with Gasteiger partial charge in [-0.25, -0.2) is 4.79 Å². The monoisotopic (exact) mass is 607 g/mol. The first-order valence-corrected chi connectivity index (χ1v) is 16.2. The quantitative estimate of drug-likeness (QED) is 0.201. The number of nitrogens with one attached hydrogen (secondary N) is 2. The molecule has 0 bridgehead atoms. The molecule has 2 N–H and O–H groups in total. The second kappa shape index (κ2) is 18.3. The maximum atomic E-state index is 13.3. The van der Waals surface area contributed by atoms with Crippen LogP contribution in [0.25, 0.3) is 10.8 Å². The number of thioether (sulfide) groups is 1. The predicted molar refractivity (Wildman–Crippen MR) is 174 cm³/mol. The van der Waals surface area contributed by atoms with Gasteiger partial charge in [0.15, 0.2) is 0 Å². The number of carbonyl (C=O) groups is 3. The van der Waals surface area contributed by atoms with Crippen LogP contribution < -0.4 is 10.6 Å². The molecule has 0 aliphatic rings. The van der Waals surface area contributed by atoms with Crippen LogP contribution in [0.2, 0.25) is 0 Å². The first-order chi connectivity index (χ1) is 20.8. The number of esters is 1. The van der Waals surface area contributed by atoms with E-state index in [1.165, 1.54) is 7.11 Å². The highest BCUT2D eigenvalue weighted by atomic mass is 32.2. The van der Waals surface area contributed by atoms with Crippen molar-refractivity contribution in [3.8, 4) is 0 Å². The summed E-state index contributed by atoms with van der Waals surface area (Å²) in [6.07, 6.45) is 3.29. The molecule has 232 valence electrons. The summed E-state index contributed by atoms with van der Waals surface area (Å²) < 4.78 is 10.6. The number of amides is 2. The Morgan fingerprint density at radius 2 is 1.65 bits per heavy atom. The van der Waals surface area contributed by atoms with E-state index in [-0.39, 0.29) is 36.9 Å². The first kappa shape index (κ1) is 34.1. The summed E-state index contributed by atoms with van der Waals surface area (Å²) >= 11 is 1.61. The molecule has 3 aromatic carbocycles. The Balaban J connectivity index is 1.76. The van der Waals surface area contributed by atoms with Gasteiger partial charge in [0.05, 0.1) is 20.3 Å². The molecule has 0 radical (unpaired) electrons. The van der Waals surface area contributed by atoms with Crippen LogP contribution in [0, 0.1) is 5.92 Å². The van der Waals surface area contributed by atoms with E-state index in [1.807, 2.05) is 59.7 Å². The van der Waals surface area contributed by atoms with Gasteiger partial charge in [-0.1, -0.05) is 93.1 Å². The molecule has 43 heavy (non-hydrogen) atoms. The smallest absolute Gasteiger partial charge is 0.328 e. The molecule has 0 aromatic heterocycles. The lowest BCUT2D eigenvalue weighted by molar-refractivity contribution is -0.145. The molecule has 0 saturated carbocycles. The van der Waals surface area contributed by atoms with Crippen molar-refractivity contribution in [3.63, 3.8) is 0 Å². The number of rotatable bonds is 18. The Kier molecular flexibility index (Phi) is 14.5. The van der Waals surface area contributed by atoms with Gasteiger partial charge in [-0.2, -0.15) is 11.8 Å². The molecule has 3 rings (SSSR count). The van der Waals surface area contributed by atoms with E-state index in [2.05, 4.69) is 48.7 Å². The molecule has 3 unspecified atom stereocenters. The molecule has 8 nitrogen and oxygen atoms in total. The third-order valence-corrected chi connectivity index (χ3v) is 8.19. The number of fused-ring (bicyclic) bond motifs is 1. The highest BCUT2D eigenvalue weighted by Crippen LogP contribution is 2.21. The van der Waals surface area contributed by atoms with Gasteiger partial charge >= 0.3 is 5.97 Å². The van der Waals surface area contributed by atoms with Crippen LogP contribution in [0.15, 0.2) is 72.8 Å². The average molecular weight is 608 g/mol. The van der Waals surface area contributed by atoms with Gasteiger partial charge in [0, 0.05) is 19.1 Å². The molecule has 0 heterocycles. The van der Waals surface area contributed by atoms with Crippen LogP contribution in [0.3, 0.4) is 0 Å². The van der Waals surface area contributed by atoms with Crippen molar-refractivity contribution in [1.82, 2.24) is 15.5 Å². The molecule has 9 heteroatoms. The zero-order chi connectivity index (χ0) is 31.0. The third-order valence-electron chi connectivity index (χ3n) is 7.55. The van der Waals surface area contributed by atoms with Gasteiger partial charge in [-0.05, 0) is 46.2 Å². The Morgan fingerprint density at radius 1 is 0.930 bits per heavy atom. The van der Waals surface area contributed by atoms with Gasteiger partial charge in [-0.15, -0.1) is 0 Å². The topological polar surface area (TPSA) is 97.0 Å². The van der Waals surface area contributed by atoms with E-state index < -0.39 is 12.0 Å².